The molecular weight excluding hydrogens is 707 g/mol. The quantitative estimate of drug-likeness (QED) is 0.134. The number of fused-ring (bicyclic) bond motifs is 4. The molecule has 0 aliphatic heterocycles. The first kappa shape index (κ1) is 34.9. The average molecular weight is 741 g/mol. The molecule has 1 atom stereocenters. The second-order valence-corrected chi connectivity index (χ2v) is 14.3. The fourth-order valence-electron chi connectivity index (χ4n) is 7.45. The van der Waals surface area contributed by atoms with E-state index in [9.17, 15) is 0 Å². The smallest absolute Gasteiger partial charge is 1.00 e. The van der Waals surface area contributed by atoms with Crippen LogP contribution < -0.4 is 40.4 Å². The minimum absolute atomic E-state index is 0. The van der Waals surface area contributed by atoms with Crippen LogP contribution in [0.25, 0.3) is 38.7 Å². The van der Waals surface area contributed by atoms with Gasteiger partial charge in [-0.25, -0.2) is 0 Å². The number of hydrogen-bond donors (Lipinski definition) is 0. The minimum Gasteiger partial charge on any atom is -1.00 e. The van der Waals surface area contributed by atoms with E-state index in [1.54, 1.807) is 0 Å². The molecule has 0 fully saturated rings. The third kappa shape index (κ3) is 6.30. The van der Waals surface area contributed by atoms with Gasteiger partial charge in [0.1, 0.15) is 8.80 Å². The summed E-state index contributed by atoms with van der Waals surface area (Å²) in [6, 6.07) is 56.7. The van der Waals surface area contributed by atoms with Crippen molar-refractivity contribution in [3.63, 3.8) is 0 Å². The van der Waals surface area contributed by atoms with E-state index in [4.69, 9.17) is 0 Å². The summed E-state index contributed by atoms with van der Waals surface area (Å²) in [6.45, 7) is 2.32. The molecular formula is C43H34Cl2SiZr. The van der Waals surface area contributed by atoms with Gasteiger partial charge in [0.2, 0.25) is 0 Å². The monoisotopic (exact) mass is 738 g/mol. The Kier molecular flexibility index (Phi) is 11.3. The molecule has 0 spiro atoms. The molecule has 0 saturated heterocycles. The first-order valence-corrected chi connectivity index (χ1v) is 17.3. The van der Waals surface area contributed by atoms with Crippen LogP contribution in [0.2, 0.25) is 0 Å². The van der Waals surface area contributed by atoms with Crippen LogP contribution in [0.15, 0.2) is 157 Å². The van der Waals surface area contributed by atoms with Gasteiger partial charge in [0, 0.05) is 5.92 Å². The zero-order chi connectivity index (χ0) is 29.5. The molecule has 0 aromatic heterocycles. The van der Waals surface area contributed by atoms with Crippen molar-refractivity contribution in [3.8, 4) is 11.1 Å². The summed E-state index contributed by atoms with van der Waals surface area (Å²) in [5, 5.41) is 9.80. The third-order valence-corrected chi connectivity index (χ3v) is 12.1. The average Bonchev–Trinajstić information content (AvgIpc) is 3.64. The summed E-state index contributed by atoms with van der Waals surface area (Å²) in [5.74, 6) is 0.219. The van der Waals surface area contributed by atoms with Gasteiger partial charge in [-0.2, -0.15) is 0 Å². The molecule has 47 heavy (non-hydrogen) atoms. The number of allylic oxidation sites excluding steroid dienone is 1. The van der Waals surface area contributed by atoms with Crippen LogP contribution in [-0.4, -0.2) is 8.80 Å². The van der Waals surface area contributed by atoms with Crippen LogP contribution in [0.3, 0.4) is 0 Å². The number of hydrogen-bond acceptors (Lipinski definition) is 0. The molecule has 0 heterocycles. The molecule has 0 N–H and O–H groups in total. The fraction of sp³-hybridized carbons (Fsp3) is 0.0930. The van der Waals surface area contributed by atoms with Crippen molar-refractivity contribution in [1.82, 2.24) is 0 Å². The predicted octanol–water partition coefficient (Wildman–Crippen LogP) is 3.23. The predicted molar refractivity (Wildman–Crippen MR) is 191 cm³/mol. The van der Waals surface area contributed by atoms with Crippen molar-refractivity contribution in [2.24, 2.45) is 0 Å². The first-order valence-electron chi connectivity index (χ1n) is 15.8. The Labute approximate surface area is 311 Å². The molecule has 7 aromatic carbocycles. The molecule has 1 aliphatic rings. The number of halogens is 2. The normalized spacial score (nSPS) is 13.4. The number of benzene rings is 6. The van der Waals surface area contributed by atoms with Crippen molar-refractivity contribution in [1.29, 1.82) is 0 Å². The summed E-state index contributed by atoms with van der Waals surface area (Å²) < 4.78 is 0. The molecule has 8 rings (SSSR count). The molecule has 1 unspecified atom stereocenters. The van der Waals surface area contributed by atoms with Gasteiger partial charge in [-0.05, 0) is 28.7 Å². The summed E-state index contributed by atoms with van der Waals surface area (Å²) in [6.07, 6.45) is 4.75. The van der Waals surface area contributed by atoms with Crippen LogP contribution >= 0.6 is 0 Å². The Morgan fingerprint density at radius 2 is 1.23 bits per heavy atom. The summed E-state index contributed by atoms with van der Waals surface area (Å²) >= 11 is 0. The molecule has 7 aromatic rings. The Morgan fingerprint density at radius 1 is 0.617 bits per heavy atom. The van der Waals surface area contributed by atoms with Gasteiger partial charge < -0.3 is 24.8 Å². The topological polar surface area (TPSA) is 0 Å². The van der Waals surface area contributed by atoms with E-state index in [1.807, 2.05) is 0 Å². The van der Waals surface area contributed by atoms with E-state index in [2.05, 4.69) is 165 Å². The van der Waals surface area contributed by atoms with Crippen molar-refractivity contribution in [2.75, 3.05) is 0 Å². The molecule has 1 aliphatic carbocycles. The van der Waals surface area contributed by atoms with Gasteiger partial charge in [0.05, 0.1) is 0 Å². The molecule has 228 valence electrons. The fourth-order valence-corrected chi connectivity index (χ4v) is 10.3. The zero-order valence-electron chi connectivity index (χ0n) is 26.3. The summed E-state index contributed by atoms with van der Waals surface area (Å²) in [7, 11) is -1.30. The van der Waals surface area contributed by atoms with Gasteiger partial charge >= 0.3 is 26.2 Å². The van der Waals surface area contributed by atoms with Crippen molar-refractivity contribution in [3.05, 3.63) is 174 Å². The van der Waals surface area contributed by atoms with E-state index in [0.717, 1.165) is 12.8 Å². The maximum Gasteiger partial charge on any atom is 3.00 e. The van der Waals surface area contributed by atoms with Gasteiger partial charge in [0.25, 0.3) is 0 Å². The molecule has 0 bridgehead atoms. The maximum absolute atomic E-state index is 2.54. The third-order valence-electron chi connectivity index (χ3n) is 9.30. The van der Waals surface area contributed by atoms with E-state index in [1.165, 1.54) is 70.5 Å². The zero-order valence-corrected chi connectivity index (χ0v) is 31.2. The van der Waals surface area contributed by atoms with Crippen LogP contribution in [-0.2, 0) is 26.2 Å². The van der Waals surface area contributed by atoms with Gasteiger partial charge in [-0.15, -0.1) is 33.7 Å². The van der Waals surface area contributed by atoms with E-state index >= 15 is 0 Å². The second-order valence-electron chi connectivity index (χ2n) is 11.9. The largest absolute Gasteiger partial charge is 3.00 e. The maximum atomic E-state index is 2.54. The molecule has 0 amide bonds. The second kappa shape index (κ2) is 15.2. The Hall–Kier alpha value is -3.39. The Morgan fingerprint density at radius 3 is 1.89 bits per heavy atom. The van der Waals surface area contributed by atoms with E-state index < -0.39 is 8.80 Å². The molecule has 0 nitrogen and oxygen atoms in total. The Balaban J connectivity index is 0.00000144. The first-order chi connectivity index (χ1) is 21.8. The standard InChI is InChI=1S/C43H34Si.2ClH.Zr/c1-2-15-32-29-39-35(30-16-6-3-7-17-30)24-14-25-38(39)42(32)43-40-28-31-18-12-13-23-36(31)37(40)26-27-41(43)44(33-19-8-4-9-20-33)34-21-10-5-11-22-34;;;/h3-14,16-29,42H,2,15H2,1H3;2*1H;/q-1;;;+3/p-2. The molecule has 4 heteroatoms. The van der Waals surface area contributed by atoms with Crippen LogP contribution in [0, 0.1) is 0 Å². The van der Waals surface area contributed by atoms with Crippen LogP contribution in [0.5, 0.6) is 0 Å². The van der Waals surface area contributed by atoms with Gasteiger partial charge in [-0.1, -0.05) is 186 Å². The van der Waals surface area contributed by atoms with Crippen LogP contribution in [0.1, 0.15) is 42.4 Å². The summed E-state index contributed by atoms with van der Waals surface area (Å²) in [5.41, 5.74) is 8.48. The van der Waals surface area contributed by atoms with E-state index in [-0.39, 0.29) is 56.9 Å². The molecule has 0 saturated carbocycles. The minimum atomic E-state index is -1.30. The molecule has 2 radical (unpaired) electrons. The Bertz CT molecular complexity index is 2100. The van der Waals surface area contributed by atoms with Crippen molar-refractivity contribution < 1.29 is 51.0 Å². The SMILES string of the molecule is CCCC1=Cc2c(-c3ccccc3)cccc2C1c1c([Si](c2ccccc2)c2ccccc2)ccc2c1[cH-]c1ccccc12.[Cl-].[Cl-].[Zr+3]. The van der Waals surface area contributed by atoms with Crippen LogP contribution in [0.4, 0.5) is 0 Å². The van der Waals surface area contributed by atoms with Gasteiger partial charge in [0.15, 0.2) is 0 Å². The summed E-state index contributed by atoms with van der Waals surface area (Å²) in [4.78, 5) is 0. The van der Waals surface area contributed by atoms with Crippen molar-refractivity contribution >= 4 is 52.0 Å². The van der Waals surface area contributed by atoms with Crippen molar-refractivity contribution in [2.45, 2.75) is 25.7 Å². The van der Waals surface area contributed by atoms with E-state index in [0.29, 0.717) is 0 Å². The number of rotatable bonds is 7. The van der Waals surface area contributed by atoms with Gasteiger partial charge in [-0.3, -0.25) is 0 Å².